The van der Waals surface area contributed by atoms with Crippen molar-refractivity contribution < 1.29 is 22.4 Å². The topological polar surface area (TPSA) is 29.1 Å². The van der Waals surface area contributed by atoms with Gasteiger partial charge in [0, 0.05) is 18.0 Å². The number of benzene rings is 1. The molecule has 0 saturated carbocycles. The van der Waals surface area contributed by atoms with Crippen LogP contribution in [-0.2, 0) is 6.18 Å². The van der Waals surface area contributed by atoms with Gasteiger partial charge in [0.15, 0.2) is 5.78 Å². The second-order valence-electron chi connectivity index (χ2n) is 4.27. The van der Waals surface area contributed by atoms with Crippen LogP contribution in [0.25, 0.3) is 0 Å². The third-order valence-electron chi connectivity index (χ3n) is 2.71. The first kappa shape index (κ1) is 15.6. The first-order chi connectivity index (χ1) is 8.77. The highest BCUT2D eigenvalue weighted by molar-refractivity contribution is 5.97. The molecule has 0 bridgehead atoms. The zero-order valence-corrected chi connectivity index (χ0v) is 10.6. The Bertz CT molecular complexity index is 456. The molecule has 0 fully saturated rings. The van der Waals surface area contributed by atoms with E-state index in [1.54, 1.807) is 6.92 Å². The summed E-state index contributed by atoms with van der Waals surface area (Å²) in [6.45, 7) is 4.59. The summed E-state index contributed by atoms with van der Waals surface area (Å²) in [7, 11) is 0. The molecule has 1 atom stereocenters. The molecule has 1 aromatic carbocycles. The van der Waals surface area contributed by atoms with Crippen molar-refractivity contribution in [3.63, 3.8) is 0 Å². The number of hydrogen-bond acceptors (Lipinski definition) is 2. The van der Waals surface area contributed by atoms with Gasteiger partial charge in [-0.05, 0) is 18.7 Å². The molecule has 0 aliphatic heterocycles. The first-order valence-corrected chi connectivity index (χ1v) is 5.89. The fourth-order valence-electron chi connectivity index (χ4n) is 1.64. The van der Waals surface area contributed by atoms with Crippen molar-refractivity contribution in [2.75, 3.05) is 13.1 Å². The van der Waals surface area contributed by atoms with E-state index >= 15 is 0 Å². The number of alkyl halides is 3. The normalized spacial score (nSPS) is 13.4. The highest BCUT2D eigenvalue weighted by Crippen LogP contribution is 2.31. The van der Waals surface area contributed by atoms with Gasteiger partial charge in [-0.3, -0.25) is 4.79 Å². The van der Waals surface area contributed by atoms with Crippen LogP contribution in [-0.4, -0.2) is 18.9 Å². The predicted octanol–water partition coefficient (Wildman–Crippen LogP) is 3.27. The molecule has 1 unspecified atom stereocenters. The van der Waals surface area contributed by atoms with Gasteiger partial charge in [0.1, 0.15) is 5.82 Å². The van der Waals surface area contributed by atoms with Crippen LogP contribution in [0.2, 0.25) is 0 Å². The molecule has 6 heteroatoms. The third-order valence-corrected chi connectivity index (χ3v) is 2.71. The molecule has 106 valence electrons. The Morgan fingerprint density at radius 1 is 1.37 bits per heavy atom. The van der Waals surface area contributed by atoms with E-state index in [9.17, 15) is 22.4 Å². The Kier molecular flexibility index (Phi) is 5.05. The molecule has 1 rings (SSSR count). The number of hydrogen-bond donors (Lipinski definition) is 1. The Balaban J connectivity index is 2.92. The van der Waals surface area contributed by atoms with Gasteiger partial charge >= 0.3 is 6.18 Å². The van der Waals surface area contributed by atoms with E-state index in [4.69, 9.17) is 0 Å². The van der Waals surface area contributed by atoms with Gasteiger partial charge in [0.25, 0.3) is 0 Å². The number of carbonyl (C=O) groups is 1. The van der Waals surface area contributed by atoms with Crippen LogP contribution >= 0.6 is 0 Å². The van der Waals surface area contributed by atoms with Crippen molar-refractivity contribution in [2.45, 2.75) is 20.0 Å². The standard InChI is InChI=1S/C13H15F4NO/c1-3-18-7-8(2)12(19)9-4-5-10(11(14)6-9)13(15,16)17/h4-6,8,18H,3,7H2,1-2H3. The van der Waals surface area contributed by atoms with E-state index < -0.39 is 23.5 Å². The van der Waals surface area contributed by atoms with Crippen LogP contribution in [0.15, 0.2) is 18.2 Å². The predicted molar refractivity (Wildman–Crippen MR) is 63.4 cm³/mol. The molecule has 1 aromatic rings. The SMILES string of the molecule is CCNCC(C)C(=O)c1ccc(C(F)(F)F)c(F)c1. The van der Waals surface area contributed by atoms with Gasteiger partial charge in [-0.25, -0.2) is 4.39 Å². The van der Waals surface area contributed by atoms with Crippen molar-refractivity contribution in [1.29, 1.82) is 0 Å². The fraction of sp³-hybridized carbons (Fsp3) is 0.462. The van der Waals surface area contributed by atoms with Crippen LogP contribution in [0.5, 0.6) is 0 Å². The lowest BCUT2D eigenvalue weighted by Crippen LogP contribution is -2.26. The number of carbonyl (C=O) groups excluding carboxylic acids is 1. The van der Waals surface area contributed by atoms with Crippen molar-refractivity contribution in [3.8, 4) is 0 Å². The Morgan fingerprint density at radius 2 is 2.00 bits per heavy atom. The Morgan fingerprint density at radius 3 is 2.47 bits per heavy atom. The average molecular weight is 277 g/mol. The first-order valence-electron chi connectivity index (χ1n) is 5.89. The maximum absolute atomic E-state index is 13.3. The maximum atomic E-state index is 13.3. The Labute approximate surface area is 108 Å². The highest BCUT2D eigenvalue weighted by atomic mass is 19.4. The van der Waals surface area contributed by atoms with E-state index in [1.807, 2.05) is 6.92 Å². The largest absolute Gasteiger partial charge is 0.419 e. The number of Topliss-reactive ketones (excluding diaryl/α,β-unsaturated/α-hetero) is 1. The van der Waals surface area contributed by atoms with E-state index in [-0.39, 0.29) is 11.3 Å². The fourth-order valence-corrected chi connectivity index (χ4v) is 1.64. The molecular formula is C13H15F4NO. The Hall–Kier alpha value is -1.43. The van der Waals surface area contributed by atoms with Crippen LogP contribution in [0.1, 0.15) is 29.8 Å². The van der Waals surface area contributed by atoms with Crippen LogP contribution in [0.4, 0.5) is 17.6 Å². The lowest BCUT2D eigenvalue weighted by Gasteiger charge is -2.12. The average Bonchev–Trinajstić information content (AvgIpc) is 2.33. The molecule has 0 aromatic heterocycles. The van der Waals surface area contributed by atoms with Crippen molar-refractivity contribution in [2.24, 2.45) is 5.92 Å². The minimum absolute atomic E-state index is 0.0455. The molecule has 1 N–H and O–H groups in total. The quantitative estimate of drug-likeness (QED) is 0.661. The molecule has 0 aliphatic carbocycles. The number of rotatable bonds is 5. The molecule has 2 nitrogen and oxygen atoms in total. The van der Waals surface area contributed by atoms with Gasteiger partial charge in [-0.1, -0.05) is 19.9 Å². The minimum Gasteiger partial charge on any atom is -0.316 e. The van der Waals surface area contributed by atoms with E-state index in [0.29, 0.717) is 25.2 Å². The zero-order chi connectivity index (χ0) is 14.6. The van der Waals surface area contributed by atoms with Crippen LogP contribution in [0.3, 0.4) is 0 Å². The number of nitrogens with one attached hydrogen (secondary N) is 1. The lowest BCUT2D eigenvalue weighted by atomic mass is 9.98. The summed E-state index contributed by atoms with van der Waals surface area (Å²) >= 11 is 0. The molecule has 19 heavy (non-hydrogen) atoms. The van der Waals surface area contributed by atoms with Gasteiger partial charge in [-0.15, -0.1) is 0 Å². The summed E-state index contributed by atoms with van der Waals surface area (Å²) < 4.78 is 50.4. The van der Waals surface area contributed by atoms with Crippen LogP contribution in [0, 0.1) is 11.7 Å². The highest BCUT2D eigenvalue weighted by Gasteiger charge is 2.34. The van der Waals surface area contributed by atoms with E-state index in [1.165, 1.54) is 0 Å². The lowest BCUT2D eigenvalue weighted by molar-refractivity contribution is -0.140. The summed E-state index contributed by atoms with van der Waals surface area (Å²) in [6.07, 6.45) is -4.75. The monoisotopic (exact) mass is 277 g/mol. The second kappa shape index (κ2) is 6.14. The van der Waals surface area contributed by atoms with Gasteiger partial charge in [0.2, 0.25) is 0 Å². The number of halogens is 4. The smallest absolute Gasteiger partial charge is 0.316 e. The minimum atomic E-state index is -4.75. The summed E-state index contributed by atoms with van der Waals surface area (Å²) in [5, 5.41) is 2.95. The summed E-state index contributed by atoms with van der Waals surface area (Å²) in [6, 6.07) is 2.26. The molecule has 0 amide bonds. The zero-order valence-electron chi connectivity index (χ0n) is 10.6. The maximum Gasteiger partial charge on any atom is 0.419 e. The summed E-state index contributed by atoms with van der Waals surface area (Å²) in [5.41, 5.74) is -1.40. The van der Waals surface area contributed by atoms with Crippen molar-refractivity contribution >= 4 is 5.78 Å². The van der Waals surface area contributed by atoms with Gasteiger partial charge in [0.05, 0.1) is 5.56 Å². The summed E-state index contributed by atoms with van der Waals surface area (Å²) in [5.74, 6) is -2.22. The molecule has 0 heterocycles. The molecule has 0 spiro atoms. The molecule has 0 saturated heterocycles. The van der Waals surface area contributed by atoms with Crippen molar-refractivity contribution in [3.05, 3.63) is 35.1 Å². The molecular weight excluding hydrogens is 262 g/mol. The van der Waals surface area contributed by atoms with Crippen LogP contribution < -0.4 is 5.32 Å². The van der Waals surface area contributed by atoms with Gasteiger partial charge < -0.3 is 5.32 Å². The summed E-state index contributed by atoms with van der Waals surface area (Å²) in [4.78, 5) is 11.9. The van der Waals surface area contributed by atoms with Gasteiger partial charge in [-0.2, -0.15) is 13.2 Å². The number of ketones is 1. The van der Waals surface area contributed by atoms with E-state index in [2.05, 4.69) is 5.32 Å². The van der Waals surface area contributed by atoms with Crippen molar-refractivity contribution in [1.82, 2.24) is 5.32 Å². The third kappa shape index (κ3) is 4.02. The molecule has 0 radical (unpaired) electrons. The molecule has 0 aliphatic rings. The van der Waals surface area contributed by atoms with E-state index in [0.717, 1.165) is 6.07 Å². The second-order valence-corrected chi connectivity index (χ2v) is 4.27.